The van der Waals surface area contributed by atoms with Gasteiger partial charge in [-0.1, -0.05) is 102 Å². The molecular weight excluding hydrogens is 689 g/mol. The van der Waals surface area contributed by atoms with Crippen molar-refractivity contribution in [3.63, 3.8) is 0 Å². The minimum absolute atomic E-state index is 0.111. The number of likely N-dealkylation sites (tertiary alicyclic amines) is 2. The van der Waals surface area contributed by atoms with Gasteiger partial charge in [-0.2, -0.15) is 5.01 Å². The van der Waals surface area contributed by atoms with Crippen molar-refractivity contribution in [1.82, 2.24) is 14.8 Å². The lowest BCUT2D eigenvalue weighted by Gasteiger charge is -2.50. The number of hydrazine groups is 1. The Labute approximate surface area is 321 Å². The zero-order valence-corrected chi connectivity index (χ0v) is 31.2. The summed E-state index contributed by atoms with van der Waals surface area (Å²) in [6.07, 6.45) is 4.19. The molecular formula is C46H46N4O5. The van der Waals surface area contributed by atoms with E-state index in [-0.39, 0.29) is 41.8 Å². The maximum atomic E-state index is 15.3. The van der Waals surface area contributed by atoms with Crippen molar-refractivity contribution in [3.05, 3.63) is 143 Å². The molecule has 2 aliphatic carbocycles. The third-order valence-electron chi connectivity index (χ3n) is 13.2. The van der Waals surface area contributed by atoms with Crippen LogP contribution in [0.15, 0.2) is 115 Å². The van der Waals surface area contributed by atoms with Crippen LogP contribution in [0.2, 0.25) is 0 Å². The molecule has 3 saturated heterocycles. The van der Waals surface area contributed by atoms with E-state index in [1.165, 1.54) is 10.6 Å². The van der Waals surface area contributed by atoms with Gasteiger partial charge in [0.2, 0.25) is 11.8 Å². The number of carbonyl (C=O) groups is 4. The highest BCUT2D eigenvalue weighted by molar-refractivity contribution is 6.13. The summed E-state index contributed by atoms with van der Waals surface area (Å²) in [5.41, 5.74) is 7.82. The monoisotopic (exact) mass is 734 g/mol. The lowest BCUT2D eigenvalue weighted by Crippen LogP contribution is -2.53. The van der Waals surface area contributed by atoms with E-state index < -0.39 is 35.0 Å². The number of hydrogen-bond donors (Lipinski definition) is 2. The van der Waals surface area contributed by atoms with Crippen molar-refractivity contribution in [2.24, 2.45) is 23.7 Å². The number of amides is 4. The molecule has 4 aromatic carbocycles. The Bertz CT molecular complexity index is 2200. The van der Waals surface area contributed by atoms with Crippen LogP contribution in [0.5, 0.6) is 5.75 Å². The highest BCUT2D eigenvalue weighted by atomic mass is 16.3. The van der Waals surface area contributed by atoms with E-state index in [0.29, 0.717) is 17.7 Å². The molecule has 4 fully saturated rings. The number of nitrogens with zero attached hydrogens (tertiary/aromatic N) is 3. The number of aryl methyl sites for hydroxylation is 2. The van der Waals surface area contributed by atoms with Crippen LogP contribution >= 0.6 is 0 Å². The lowest BCUT2D eigenvalue weighted by atomic mass is 9.49. The number of imide groups is 2. The van der Waals surface area contributed by atoms with Crippen LogP contribution in [-0.2, 0) is 31.1 Å². The summed E-state index contributed by atoms with van der Waals surface area (Å²) in [5.74, 6) is -3.83. The second kappa shape index (κ2) is 13.6. The van der Waals surface area contributed by atoms with Gasteiger partial charge in [0.25, 0.3) is 11.8 Å². The summed E-state index contributed by atoms with van der Waals surface area (Å²) in [4.78, 5) is 63.3. The van der Waals surface area contributed by atoms with Crippen molar-refractivity contribution in [1.29, 1.82) is 0 Å². The number of nitrogens with one attached hydrogen (secondary N) is 1. The van der Waals surface area contributed by atoms with Crippen LogP contribution in [-0.4, -0.2) is 62.7 Å². The first kappa shape index (κ1) is 35.2. The molecule has 3 heterocycles. The highest BCUT2D eigenvalue weighted by Gasteiger charge is 2.70. The summed E-state index contributed by atoms with van der Waals surface area (Å²) < 4.78 is 0. The Balaban J connectivity index is 1.10. The number of carbonyl (C=O) groups excluding carboxylic acids is 4. The number of aromatic hydroxyl groups is 1. The molecule has 9 rings (SSSR count). The quantitative estimate of drug-likeness (QED) is 0.162. The van der Waals surface area contributed by atoms with E-state index >= 15 is 4.79 Å². The number of anilines is 1. The zero-order chi connectivity index (χ0) is 38.0. The second-order valence-electron chi connectivity index (χ2n) is 16.2. The number of benzene rings is 4. The Kier molecular flexibility index (Phi) is 8.72. The molecule has 6 unspecified atom stereocenters. The third-order valence-corrected chi connectivity index (χ3v) is 13.2. The second-order valence-corrected chi connectivity index (χ2v) is 16.2. The predicted molar refractivity (Wildman–Crippen MR) is 208 cm³/mol. The minimum Gasteiger partial charge on any atom is -0.508 e. The van der Waals surface area contributed by atoms with E-state index in [1.807, 2.05) is 98.8 Å². The number of fused-ring (bicyclic) bond motifs is 4. The summed E-state index contributed by atoms with van der Waals surface area (Å²) >= 11 is 0. The number of phenolic OH excluding ortho intramolecular Hbond substituents is 1. The van der Waals surface area contributed by atoms with Crippen LogP contribution in [0.3, 0.4) is 0 Å². The van der Waals surface area contributed by atoms with Crippen LogP contribution in [0.4, 0.5) is 5.69 Å². The minimum atomic E-state index is -1.34. The van der Waals surface area contributed by atoms with Gasteiger partial charge in [-0.3, -0.25) is 34.4 Å². The molecule has 9 heteroatoms. The molecule has 0 aromatic heterocycles. The van der Waals surface area contributed by atoms with Gasteiger partial charge >= 0.3 is 0 Å². The molecule has 5 aliphatic rings. The largest absolute Gasteiger partial charge is 0.508 e. The van der Waals surface area contributed by atoms with Gasteiger partial charge in [-0.05, 0) is 85.9 Å². The normalized spacial score (nSPS) is 28.2. The van der Waals surface area contributed by atoms with Crippen LogP contribution in [0.1, 0.15) is 59.4 Å². The Morgan fingerprint density at radius 2 is 1.47 bits per heavy atom. The van der Waals surface area contributed by atoms with Gasteiger partial charge < -0.3 is 5.11 Å². The molecule has 0 bridgehead atoms. The average Bonchev–Trinajstić information content (AvgIpc) is 3.58. The fourth-order valence-electron chi connectivity index (χ4n) is 10.5. The van der Waals surface area contributed by atoms with Crippen molar-refractivity contribution >= 4 is 29.3 Å². The fourth-order valence-corrected chi connectivity index (χ4v) is 10.5. The number of piperidine rings is 1. The third kappa shape index (κ3) is 5.62. The first-order valence-electron chi connectivity index (χ1n) is 19.6. The van der Waals surface area contributed by atoms with E-state index in [2.05, 4.69) is 28.5 Å². The van der Waals surface area contributed by atoms with Gasteiger partial charge in [0.05, 0.1) is 28.9 Å². The van der Waals surface area contributed by atoms with E-state index in [0.717, 1.165) is 54.7 Å². The van der Waals surface area contributed by atoms with E-state index in [4.69, 9.17) is 0 Å². The Morgan fingerprint density at radius 3 is 2.16 bits per heavy atom. The van der Waals surface area contributed by atoms with Crippen molar-refractivity contribution in [2.75, 3.05) is 18.5 Å². The lowest BCUT2D eigenvalue weighted by molar-refractivity contribution is -0.144. The molecule has 0 radical (unpaired) electrons. The number of phenols is 1. The van der Waals surface area contributed by atoms with Crippen molar-refractivity contribution in [2.45, 2.75) is 63.5 Å². The van der Waals surface area contributed by atoms with Crippen molar-refractivity contribution < 1.29 is 24.3 Å². The van der Waals surface area contributed by atoms with Gasteiger partial charge in [0.15, 0.2) is 0 Å². The topological polar surface area (TPSA) is 110 Å². The maximum Gasteiger partial charge on any atom is 0.260 e. The average molecular weight is 735 g/mol. The smallest absolute Gasteiger partial charge is 0.260 e. The number of rotatable bonds is 7. The van der Waals surface area contributed by atoms with Crippen molar-refractivity contribution in [3.8, 4) is 5.75 Å². The zero-order valence-electron chi connectivity index (χ0n) is 31.2. The fraction of sp³-hybridized carbons (Fsp3) is 0.348. The van der Waals surface area contributed by atoms with Crippen LogP contribution in [0, 0.1) is 37.5 Å². The van der Waals surface area contributed by atoms with Crippen LogP contribution < -0.4 is 5.43 Å². The Morgan fingerprint density at radius 1 is 0.782 bits per heavy atom. The highest BCUT2D eigenvalue weighted by Crippen LogP contribution is 2.64. The number of hydrogen-bond acceptors (Lipinski definition) is 7. The Hall–Kier alpha value is -5.54. The first-order chi connectivity index (χ1) is 26.7. The summed E-state index contributed by atoms with van der Waals surface area (Å²) in [7, 11) is 0. The van der Waals surface area contributed by atoms with E-state index in [9.17, 15) is 19.5 Å². The standard InChI is InChI=1S/C46H46N4O5/c1-28-13-16-33(17-14-28)47-50-43(53)38-26-37-35(41(31-15-20-39(51)29(2)25-31)46(38,45(50)55)32-11-7-4-8-12-32)18-19-36-40(37)44(54)49(42(36)52)34-21-23-48(24-22-34)27-30-9-5-3-6-10-30/h3-18,20,25,34,36-38,40-41,47,51H,19,21-24,26-27H2,1-2H3. The molecule has 55 heavy (non-hydrogen) atoms. The molecule has 9 nitrogen and oxygen atoms in total. The first-order valence-corrected chi connectivity index (χ1v) is 19.6. The molecule has 4 aromatic rings. The summed E-state index contributed by atoms with van der Waals surface area (Å²) in [6.45, 7) is 6.23. The molecule has 1 saturated carbocycles. The van der Waals surface area contributed by atoms with E-state index in [1.54, 1.807) is 11.0 Å². The summed E-state index contributed by atoms with van der Waals surface area (Å²) in [6, 6.07) is 32.7. The molecule has 2 N–H and O–H groups in total. The maximum absolute atomic E-state index is 15.3. The van der Waals surface area contributed by atoms with Gasteiger partial charge in [-0.25, -0.2) is 0 Å². The molecule has 0 spiro atoms. The molecule has 4 amide bonds. The van der Waals surface area contributed by atoms with Gasteiger partial charge in [0.1, 0.15) is 5.75 Å². The van der Waals surface area contributed by atoms with Gasteiger partial charge in [-0.15, -0.1) is 0 Å². The SMILES string of the molecule is Cc1ccc(NN2C(=O)C3CC4C(=CCC5C(=O)N(C6CCN(Cc7ccccc7)CC6)C(=O)C54)C(c4ccc(O)c(C)c4)C3(c3ccccc3)C2=O)cc1. The predicted octanol–water partition coefficient (Wildman–Crippen LogP) is 6.66. The van der Waals surface area contributed by atoms with Crippen LogP contribution in [0.25, 0.3) is 0 Å². The molecule has 280 valence electrons. The van der Waals surface area contributed by atoms with Gasteiger partial charge in [0, 0.05) is 31.6 Å². The molecule has 3 aliphatic heterocycles. The summed E-state index contributed by atoms with van der Waals surface area (Å²) in [5, 5.41) is 11.8. The molecule has 6 atom stereocenters. The number of allylic oxidation sites excluding steroid dienone is 2.